The third kappa shape index (κ3) is 3.42. The van der Waals surface area contributed by atoms with Gasteiger partial charge in [0, 0.05) is 43.0 Å². The van der Waals surface area contributed by atoms with E-state index < -0.39 is 5.60 Å². The SMILES string of the molecule is CCOc1cc(N(CC)CC)ccc1C1(C2=[N+](C)C(CC)c3ccccc32)OC(=O)c2cccnc21. The van der Waals surface area contributed by atoms with Gasteiger partial charge in [-0.15, -0.1) is 0 Å². The van der Waals surface area contributed by atoms with Crippen LogP contribution < -0.4 is 9.64 Å². The molecule has 0 bridgehead atoms. The summed E-state index contributed by atoms with van der Waals surface area (Å²) in [5.41, 5.74) is 4.97. The Labute approximate surface area is 213 Å². The zero-order valence-electron chi connectivity index (χ0n) is 21.7. The summed E-state index contributed by atoms with van der Waals surface area (Å²) in [7, 11) is 2.09. The van der Waals surface area contributed by atoms with Crippen LogP contribution in [0.15, 0.2) is 60.8 Å². The highest BCUT2D eigenvalue weighted by Gasteiger charge is 2.61. The first-order valence-corrected chi connectivity index (χ1v) is 12.9. The predicted molar refractivity (Wildman–Crippen MR) is 141 cm³/mol. The molecule has 1 aromatic heterocycles. The van der Waals surface area contributed by atoms with Gasteiger partial charge < -0.3 is 14.4 Å². The smallest absolute Gasteiger partial charge is 0.342 e. The molecule has 2 unspecified atom stereocenters. The topological polar surface area (TPSA) is 54.7 Å². The number of ether oxygens (including phenoxy) is 2. The minimum Gasteiger partial charge on any atom is -0.493 e. The van der Waals surface area contributed by atoms with E-state index in [0.29, 0.717) is 23.6 Å². The first kappa shape index (κ1) is 24.0. The van der Waals surface area contributed by atoms with E-state index in [2.05, 4.69) is 73.7 Å². The molecule has 0 fully saturated rings. The molecule has 0 N–H and O–H groups in total. The Kier molecular flexibility index (Phi) is 6.29. The lowest BCUT2D eigenvalue weighted by Crippen LogP contribution is -2.42. The molecule has 2 aliphatic heterocycles. The van der Waals surface area contributed by atoms with Gasteiger partial charge in [0.05, 0.1) is 23.3 Å². The molecule has 5 rings (SSSR count). The molecule has 2 atom stereocenters. The summed E-state index contributed by atoms with van der Waals surface area (Å²) >= 11 is 0. The van der Waals surface area contributed by atoms with Crippen molar-refractivity contribution < 1.29 is 18.8 Å². The number of carbonyl (C=O) groups is 1. The number of benzene rings is 2. The van der Waals surface area contributed by atoms with Crippen LogP contribution in [-0.2, 0) is 10.3 Å². The number of carbonyl (C=O) groups excluding carboxylic acids is 1. The van der Waals surface area contributed by atoms with Crippen LogP contribution in [0.1, 0.15) is 72.9 Å². The van der Waals surface area contributed by atoms with E-state index in [0.717, 1.165) is 42.0 Å². The van der Waals surface area contributed by atoms with Crippen LogP contribution in [0.3, 0.4) is 0 Å². The minimum atomic E-state index is -1.23. The monoisotopic (exact) mass is 484 g/mol. The van der Waals surface area contributed by atoms with E-state index in [1.54, 1.807) is 18.3 Å². The quantitative estimate of drug-likeness (QED) is 0.319. The van der Waals surface area contributed by atoms with Crippen molar-refractivity contribution in [2.24, 2.45) is 0 Å². The van der Waals surface area contributed by atoms with Crippen molar-refractivity contribution in [3.05, 3.63) is 88.7 Å². The maximum absolute atomic E-state index is 13.4. The van der Waals surface area contributed by atoms with Crippen molar-refractivity contribution in [2.75, 3.05) is 31.6 Å². The summed E-state index contributed by atoms with van der Waals surface area (Å²) in [5, 5.41) is 0. The normalized spacial score (nSPS) is 20.2. The molecule has 0 radical (unpaired) electrons. The minimum absolute atomic E-state index is 0.171. The average molecular weight is 485 g/mol. The lowest BCUT2D eigenvalue weighted by molar-refractivity contribution is -0.543. The molecular formula is C30H34N3O3+. The molecule has 0 amide bonds. The molecule has 3 aromatic rings. The fraction of sp³-hybridized carbons (Fsp3) is 0.367. The van der Waals surface area contributed by atoms with Crippen molar-refractivity contribution in [1.82, 2.24) is 4.98 Å². The second-order valence-electron chi connectivity index (χ2n) is 9.23. The van der Waals surface area contributed by atoms with Crippen LogP contribution in [0.2, 0.25) is 0 Å². The van der Waals surface area contributed by atoms with Crippen molar-refractivity contribution in [1.29, 1.82) is 0 Å². The first-order chi connectivity index (χ1) is 17.5. The van der Waals surface area contributed by atoms with Gasteiger partial charge in [-0.3, -0.25) is 4.98 Å². The predicted octanol–water partition coefficient (Wildman–Crippen LogP) is 5.34. The highest BCUT2D eigenvalue weighted by Crippen LogP contribution is 2.50. The number of esters is 1. The number of anilines is 1. The number of rotatable bonds is 8. The molecule has 0 aliphatic carbocycles. The molecular weight excluding hydrogens is 450 g/mol. The second-order valence-corrected chi connectivity index (χ2v) is 9.23. The summed E-state index contributed by atoms with van der Waals surface area (Å²) in [6.45, 7) is 10.7. The van der Waals surface area contributed by atoms with Gasteiger partial charge in [-0.25, -0.2) is 9.37 Å². The van der Waals surface area contributed by atoms with Crippen LogP contribution in [0.5, 0.6) is 5.75 Å². The number of nitrogens with zero attached hydrogens (tertiary/aromatic N) is 3. The van der Waals surface area contributed by atoms with Gasteiger partial charge in [0.2, 0.25) is 5.71 Å². The third-order valence-corrected chi connectivity index (χ3v) is 7.50. The van der Waals surface area contributed by atoms with Crippen LogP contribution in [0.4, 0.5) is 5.69 Å². The molecule has 2 aliphatic rings. The molecule has 36 heavy (non-hydrogen) atoms. The van der Waals surface area contributed by atoms with E-state index in [1.165, 1.54) is 5.56 Å². The molecule has 2 aromatic carbocycles. The van der Waals surface area contributed by atoms with Gasteiger partial charge in [-0.1, -0.05) is 25.1 Å². The maximum Gasteiger partial charge on any atom is 0.342 e. The van der Waals surface area contributed by atoms with Crippen molar-refractivity contribution in [2.45, 2.75) is 45.8 Å². The van der Waals surface area contributed by atoms with Gasteiger partial charge in [0.15, 0.2) is 6.04 Å². The average Bonchev–Trinajstić information content (AvgIpc) is 3.36. The van der Waals surface area contributed by atoms with Crippen molar-refractivity contribution >= 4 is 17.4 Å². The Bertz CT molecular complexity index is 1340. The molecule has 0 saturated heterocycles. The first-order valence-electron chi connectivity index (χ1n) is 12.9. The van der Waals surface area contributed by atoms with E-state index >= 15 is 0 Å². The zero-order valence-corrected chi connectivity index (χ0v) is 21.7. The maximum atomic E-state index is 13.4. The Hall–Kier alpha value is -3.67. The van der Waals surface area contributed by atoms with Gasteiger partial charge in [-0.05, 0) is 51.1 Å². The summed E-state index contributed by atoms with van der Waals surface area (Å²) in [4.78, 5) is 20.4. The highest BCUT2D eigenvalue weighted by atomic mass is 16.6. The molecule has 0 saturated carbocycles. The Balaban J connectivity index is 1.85. The summed E-state index contributed by atoms with van der Waals surface area (Å²) < 4.78 is 15.0. The molecule has 6 heteroatoms. The fourth-order valence-electron chi connectivity index (χ4n) is 5.92. The zero-order chi connectivity index (χ0) is 25.4. The van der Waals surface area contributed by atoms with Gasteiger partial charge in [0.1, 0.15) is 18.5 Å². The Morgan fingerprint density at radius 2 is 1.78 bits per heavy atom. The molecule has 3 heterocycles. The highest BCUT2D eigenvalue weighted by molar-refractivity contribution is 6.13. The van der Waals surface area contributed by atoms with Gasteiger partial charge in [0.25, 0.3) is 5.60 Å². The van der Waals surface area contributed by atoms with E-state index in [9.17, 15) is 4.79 Å². The van der Waals surface area contributed by atoms with Crippen LogP contribution >= 0.6 is 0 Å². The lowest BCUT2D eigenvalue weighted by atomic mass is 9.80. The molecule has 6 nitrogen and oxygen atoms in total. The van der Waals surface area contributed by atoms with E-state index in [-0.39, 0.29) is 12.0 Å². The van der Waals surface area contributed by atoms with Crippen molar-refractivity contribution in [3.63, 3.8) is 0 Å². The Morgan fingerprint density at radius 1 is 1.03 bits per heavy atom. The number of cyclic esters (lactones) is 1. The fourth-order valence-corrected chi connectivity index (χ4v) is 5.92. The standard InChI is InChI=1S/C30H34N3O3/c1-6-25-21-13-10-11-14-22(21)28(32(25)5)30(27-23(29(34)36-30)15-12-18-31-27)24-17-16-20(33(7-2)8-3)19-26(24)35-9-4/h10-19,25H,6-9H2,1-5H3/q+1. The van der Waals surface area contributed by atoms with Crippen LogP contribution in [0.25, 0.3) is 0 Å². The van der Waals surface area contributed by atoms with Gasteiger partial charge in [-0.2, -0.15) is 0 Å². The summed E-state index contributed by atoms with van der Waals surface area (Å²) in [6.07, 6.45) is 2.66. The molecule has 186 valence electrons. The second kappa shape index (κ2) is 9.41. The number of fused-ring (bicyclic) bond motifs is 2. The third-order valence-electron chi connectivity index (χ3n) is 7.50. The number of hydrogen-bond donors (Lipinski definition) is 0. The summed E-state index contributed by atoms with van der Waals surface area (Å²) in [6, 6.07) is 18.4. The summed E-state index contributed by atoms with van der Waals surface area (Å²) in [5.74, 6) is 0.332. The van der Waals surface area contributed by atoms with Crippen molar-refractivity contribution in [3.8, 4) is 5.75 Å². The van der Waals surface area contributed by atoms with Gasteiger partial charge >= 0.3 is 5.97 Å². The van der Waals surface area contributed by atoms with Crippen LogP contribution in [-0.4, -0.2) is 48.0 Å². The number of pyridine rings is 1. The number of hydrogen-bond acceptors (Lipinski definition) is 5. The van der Waals surface area contributed by atoms with E-state index in [4.69, 9.17) is 14.5 Å². The largest absolute Gasteiger partial charge is 0.493 e. The lowest BCUT2D eigenvalue weighted by Gasteiger charge is -2.30. The Morgan fingerprint density at radius 3 is 2.50 bits per heavy atom. The van der Waals surface area contributed by atoms with Crippen LogP contribution in [0, 0.1) is 0 Å². The van der Waals surface area contributed by atoms with E-state index in [1.807, 2.05) is 13.0 Å². The number of aromatic nitrogens is 1. The molecule has 0 spiro atoms.